The van der Waals surface area contributed by atoms with E-state index in [-0.39, 0.29) is 5.16 Å². The average Bonchev–Trinajstić information content (AvgIpc) is 2.80. The Morgan fingerprint density at radius 1 is 1.05 bits per heavy atom. The van der Waals surface area contributed by atoms with Crippen LogP contribution in [0.5, 0.6) is 0 Å². The second-order valence-electron chi connectivity index (χ2n) is 4.79. The second-order valence-corrected chi connectivity index (χ2v) is 6.70. The Balaban J connectivity index is 2.41. The molecule has 1 aromatic heterocycles. The summed E-state index contributed by atoms with van der Waals surface area (Å²) in [5, 5.41) is 2.14. The van der Waals surface area contributed by atoms with Gasteiger partial charge in [0.2, 0.25) is 15.0 Å². The third-order valence-electron chi connectivity index (χ3n) is 3.24. The molecule has 0 amide bonds. The van der Waals surface area contributed by atoms with Gasteiger partial charge >= 0.3 is 0 Å². The molecule has 3 rings (SSSR count). The fourth-order valence-corrected chi connectivity index (χ4v) is 3.19. The van der Waals surface area contributed by atoms with E-state index in [0.717, 1.165) is 22.2 Å². The van der Waals surface area contributed by atoms with Gasteiger partial charge in [-0.3, -0.25) is 4.57 Å². The summed E-state index contributed by atoms with van der Waals surface area (Å²) in [6, 6.07) is 13.7. The monoisotopic (exact) mass is 286 g/mol. The first-order chi connectivity index (χ1) is 9.48. The maximum absolute atomic E-state index is 11.9. The Labute approximate surface area is 117 Å². The van der Waals surface area contributed by atoms with Crippen LogP contribution < -0.4 is 0 Å². The zero-order valence-electron chi connectivity index (χ0n) is 11.2. The Kier molecular flexibility index (Phi) is 2.87. The molecule has 3 aromatic rings. The molecule has 20 heavy (non-hydrogen) atoms. The number of hydrogen-bond acceptors (Lipinski definition) is 3. The summed E-state index contributed by atoms with van der Waals surface area (Å²) in [6.07, 6.45) is 2.76. The van der Waals surface area contributed by atoms with Gasteiger partial charge in [-0.25, -0.2) is 13.4 Å². The minimum absolute atomic E-state index is 0.0753. The molecule has 0 atom stereocenters. The maximum atomic E-state index is 11.9. The number of hydrogen-bond donors (Lipinski definition) is 0. The number of aryl methyl sites for hydroxylation is 1. The number of rotatable bonds is 2. The molecule has 0 saturated carbocycles. The molecule has 0 spiro atoms. The lowest BCUT2D eigenvalue weighted by atomic mass is 10.1. The SMILES string of the molecule is Cc1cnc(S(C)(=O)=O)n1-c1cccc2ccccc12. The van der Waals surface area contributed by atoms with Gasteiger partial charge in [-0.1, -0.05) is 36.4 Å². The third kappa shape index (κ3) is 2.00. The van der Waals surface area contributed by atoms with E-state index in [4.69, 9.17) is 0 Å². The second kappa shape index (κ2) is 4.45. The molecule has 0 aliphatic carbocycles. The predicted octanol–water partition coefficient (Wildman–Crippen LogP) is 2.74. The van der Waals surface area contributed by atoms with E-state index < -0.39 is 9.84 Å². The summed E-state index contributed by atoms with van der Waals surface area (Å²) in [7, 11) is -3.38. The van der Waals surface area contributed by atoms with Crippen molar-refractivity contribution in [1.29, 1.82) is 0 Å². The first-order valence-electron chi connectivity index (χ1n) is 6.21. The smallest absolute Gasteiger partial charge is 0.232 e. The topological polar surface area (TPSA) is 52.0 Å². The molecule has 1 heterocycles. The van der Waals surface area contributed by atoms with Gasteiger partial charge in [0.05, 0.1) is 5.69 Å². The quantitative estimate of drug-likeness (QED) is 0.728. The number of aromatic nitrogens is 2. The average molecular weight is 286 g/mol. The van der Waals surface area contributed by atoms with Crippen molar-refractivity contribution in [2.45, 2.75) is 12.1 Å². The molecule has 0 bridgehead atoms. The van der Waals surface area contributed by atoms with Gasteiger partial charge in [-0.15, -0.1) is 0 Å². The molecule has 4 nitrogen and oxygen atoms in total. The zero-order chi connectivity index (χ0) is 14.3. The molecule has 0 aliphatic rings. The van der Waals surface area contributed by atoms with E-state index >= 15 is 0 Å². The minimum Gasteiger partial charge on any atom is -0.287 e. The van der Waals surface area contributed by atoms with E-state index in [9.17, 15) is 8.42 Å². The van der Waals surface area contributed by atoms with E-state index in [1.54, 1.807) is 10.8 Å². The summed E-state index contributed by atoms with van der Waals surface area (Å²) in [4.78, 5) is 4.05. The lowest BCUT2D eigenvalue weighted by molar-refractivity contribution is 0.590. The van der Waals surface area contributed by atoms with Crippen LogP contribution in [0, 0.1) is 6.92 Å². The third-order valence-corrected chi connectivity index (χ3v) is 4.20. The Morgan fingerprint density at radius 2 is 1.75 bits per heavy atom. The molecular weight excluding hydrogens is 272 g/mol. The van der Waals surface area contributed by atoms with Crippen molar-refractivity contribution in [3.63, 3.8) is 0 Å². The first kappa shape index (κ1) is 12.9. The summed E-state index contributed by atoms with van der Waals surface area (Å²) in [5.41, 5.74) is 1.63. The Hall–Kier alpha value is -2.14. The van der Waals surface area contributed by atoms with Gasteiger partial charge in [0.1, 0.15) is 0 Å². The highest BCUT2D eigenvalue weighted by atomic mass is 32.2. The summed E-state index contributed by atoms with van der Waals surface area (Å²) in [5.74, 6) is 0. The van der Waals surface area contributed by atoms with Gasteiger partial charge in [0, 0.05) is 23.5 Å². The maximum Gasteiger partial charge on any atom is 0.232 e. The van der Waals surface area contributed by atoms with E-state index in [1.807, 2.05) is 49.4 Å². The fraction of sp³-hybridized carbons (Fsp3) is 0.133. The molecule has 102 valence electrons. The van der Waals surface area contributed by atoms with Crippen molar-refractivity contribution in [1.82, 2.24) is 9.55 Å². The largest absolute Gasteiger partial charge is 0.287 e. The number of benzene rings is 2. The lowest BCUT2D eigenvalue weighted by Crippen LogP contribution is -2.09. The Morgan fingerprint density at radius 3 is 2.50 bits per heavy atom. The normalized spacial score (nSPS) is 11.9. The number of sulfone groups is 1. The molecular formula is C15H14N2O2S. The van der Waals surface area contributed by atoms with E-state index in [2.05, 4.69) is 4.98 Å². The molecule has 0 radical (unpaired) electrons. The summed E-state index contributed by atoms with van der Waals surface area (Å²) >= 11 is 0. The van der Waals surface area contributed by atoms with Gasteiger partial charge < -0.3 is 0 Å². The standard InChI is InChI=1S/C15H14N2O2S/c1-11-10-16-15(20(2,18)19)17(11)14-9-5-7-12-6-3-4-8-13(12)14/h3-10H,1-2H3. The summed E-state index contributed by atoms with van der Waals surface area (Å²) in [6.45, 7) is 1.85. The van der Waals surface area contributed by atoms with Crippen LogP contribution >= 0.6 is 0 Å². The molecule has 0 fully saturated rings. The number of fused-ring (bicyclic) bond motifs is 1. The number of imidazole rings is 1. The van der Waals surface area contributed by atoms with Crippen LogP contribution in [-0.2, 0) is 9.84 Å². The van der Waals surface area contributed by atoms with Gasteiger partial charge in [0.15, 0.2) is 0 Å². The summed E-state index contributed by atoms with van der Waals surface area (Å²) < 4.78 is 25.5. The highest BCUT2D eigenvalue weighted by Crippen LogP contribution is 2.26. The van der Waals surface area contributed by atoms with Crippen molar-refractivity contribution >= 4 is 20.6 Å². The van der Waals surface area contributed by atoms with Crippen molar-refractivity contribution in [2.75, 3.05) is 6.26 Å². The van der Waals surface area contributed by atoms with Gasteiger partial charge in [-0.2, -0.15) is 0 Å². The van der Waals surface area contributed by atoms with Crippen LogP contribution in [0.4, 0.5) is 0 Å². The highest BCUT2D eigenvalue weighted by molar-refractivity contribution is 7.90. The number of nitrogens with zero attached hydrogens (tertiary/aromatic N) is 2. The van der Waals surface area contributed by atoms with Crippen LogP contribution in [-0.4, -0.2) is 24.2 Å². The fourth-order valence-electron chi connectivity index (χ4n) is 2.37. The zero-order valence-corrected chi connectivity index (χ0v) is 12.1. The minimum atomic E-state index is -3.38. The van der Waals surface area contributed by atoms with Gasteiger partial charge in [0.25, 0.3) is 0 Å². The van der Waals surface area contributed by atoms with Crippen LogP contribution in [0.1, 0.15) is 5.69 Å². The predicted molar refractivity (Wildman–Crippen MR) is 78.9 cm³/mol. The van der Waals surface area contributed by atoms with E-state index in [0.29, 0.717) is 0 Å². The van der Waals surface area contributed by atoms with Gasteiger partial charge in [-0.05, 0) is 18.4 Å². The molecule has 5 heteroatoms. The van der Waals surface area contributed by atoms with Crippen LogP contribution in [0.25, 0.3) is 16.5 Å². The molecule has 2 aromatic carbocycles. The van der Waals surface area contributed by atoms with Crippen molar-refractivity contribution in [3.8, 4) is 5.69 Å². The molecule has 0 aliphatic heterocycles. The van der Waals surface area contributed by atoms with Crippen molar-refractivity contribution in [3.05, 3.63) is 54.4 Å². The Bertz CT molecular complexity index is 890. The van der Waals surface area contributed by atoms with Crippen LogP contribution in [0.3, 0.4) is 0 Å². The van der Waals surface area contributed by atoms with Crippen molar-refractivity contribution < 1.29 is 8.42 Å². The molecule has 0 saturated heterocycles. The van der Waals surface area contributed by atoms with Crippen LogP contribution in [0.15, 0.2) is 53.8 Å². The highest BCUT2D eigenvalue weighted by Gasteiger charge is 2.19. The first-order valence-corrected chi connectivity index (χ1v) is 8.10. The van der Waals surface area contributed by atoms with Crippen molar-refractivity contribution in [2.24, 2.45) is 0 Å². The molecule has 0 N–H and O–H groups in total. The lowest BCUT2D eigenvalue weighted by Gasteiger charge is -2.12. The van der Waals surface area contributed by atoms with E-state index in [1.165, 1.54) is 6.26 Å². The molecule has 0 unspecified atom stereocenters. The van der Waals surface area contributed by atoms with Crippen LogP contribution in [0.2, 0.25) is 0 Å².